The molecule has 4 rings (SSSR count). The van der Waals surface area contributed by atoms with Crippen molar-refractivity contribution in [3.05, 3.63) is 110 Å². The lowest BCUT2D eigenvalue weighted by atomic mass is 10.1. The lowest BCUT2D eigenvalue weighted by Gasteiger charge is -2.06. The molecule has 32 heavy (non-hydrogen) atoms. The van der Waals surface area contributed by atoms with Crippen LogP contribution in [0.1, 0.15) is 27.3 Å². The molecule has 0 aliphatic carbocycles. The molecule has 0 atom stereocenters. The van der Waals surface area contributed by atoms with E-state index in [1.807, 2.05) is 65.4 Å². The number of halogens is 3. The van der Waals surface area contributed by atoms with Crippen molar-refractivity contribution in [2.24, 2.45) is 5.73 Å². The number of nitrogens with two attached hydrogens (primary N) is 1. The van der Waals surface area contributed by atoms with Gasteiger partial charge >= 0.3 is 0 Å². The van der Waals surface area contributed by atoms with Gasteiger partial charge in [-0.05, 0) is 59.7 Å². The van der Waals surface area contributed by atoms with Crippen LogP contribution in [0.25, 0.3) is 23.4 Å². The van der Waals surface area contributed by atoms with Gasteiger partial charge in [0.15, 0.2) is 0 Å². The number of imidazole rings is 1. The highest BCUT2D eigenvalue weighted by Crippen LogP contribution is 2.30. The number of carbonyl (C=O) groups excluding carboxylic acids is 1. The molecule has 4 aromatic rings. The lowest BCUT2D eigenvalue weighted by Crippen LogP contribution is -2.10. The Kier molecular flexibility index (Phi) is 6.80. The summed E-state index contributed by atoms with van der Waals surface area (Å²) in [6, 6.07) is 20.6. The van der Waals surface area contributed by atoms with Crippen LogP contribution in [0.15, 0.2) is 77.4 Å². The van der Waals surface area contributed by atoms with E-state index < -0.39 is 5.91 Å². The van der Waals surface area contributed by atoms with Crippen molar-refractivity contribution >= 4 is 57.2 Å². The van der Waals surface area contributed by atoms with Crippen molar-refractivity contribution in [3.8, 4) is 11.3 Å². The molecule has 0 unspecified atom stereocenters. The minimum absolute atomic E-state index is 0.447. The first-order valence-corrected chi connectivity index (χ1v) is 11.3. The quantitative estimate of drug-likeness (QED) is 0.296. The molecule has 0 radical (unpaired) electrons. The highest BCUT2D eigenvalue weighted by atomic mass is 79.9. The SMILES string of the molecule is NC(=O)c1ccc(Cn2cc(-c3ccc(Cl)cc3Cl)nc2/C=C/c2ccc(Br)cc2)cc1. The van der Waals surface area contributed by atoms with E-state index in [1.54, 1.807) is 24.3 Å². The number of hydrogen-bond donors (Lipinski definition) is 1. The molecule has 1 amide bonds. The second-order valence-electron chi connectivity index (χ2n) is 7.18. The first-order valence-electron chi connectivity index (χ1n) is 9.74. The van der Waals surface area contributed by atoms with Crippen molar-refractivity contribution in [1.29, 1.82) is 0 Å². The zero-order valence-corrected chi connectivity index (χ0v) is 19.9. The largest absolute Gasteiger partial charge is 0.366 e. The maximum Gasteiger partial charge on any atom is 0.248 e. The number of carbonyl (C=O) groups is 1. The van der Waals surface area contributed by atoms with E-state index in [0.717, 1.165) is 32.7 Å². The molecule has 7 heteroatoms. The Hall–Kier alpha value is -2.86. The molecule has 160 valence electrons. The van der Waals surface area contributed by atoms with Crippen LogP contribution in [-0.4, -0.2) is 15.5 Å². The van der Waals surface area contributed by atoms with Crippen LogP contribution in [-0.2, 0) is 6.54 Å². The van der Waals surface area contributed by atoms with Gasteiger partial charge in [-0.25, -0.2) is 4.98 Å². The van der Waals surface area contributed by atoms with E-state index in [-0.39, 0.29) is 0 Å². The Morgan fingerprint density at radius 3 is 2.38 bits per heavy atom. The molecule has 0 fully saturated rings. The minimum atomic E-state index is -0.447. The van der Waals surface area contributed by atoms with Gasteiger partial charge in [-0.1, -0.05) is 69.5 Å². The third-order valence-corrected chi connectivity index (χ3v) is 5.98. The third kappa shape index (κ3) is 5.30. The maximum absolute atomic E-state index is 11.4. The molecule has 3 aromatic carbocycles. The maximum atomic E-state index is 11.4. The molecular formula is C25H18BrCl2N3O. The fraction of sp³-hybridized carbons (Fsp3) is 0.0400. The van der Waals surface area contributed by atoms with Gasteiger partial charge in [-0.2, -0.15) is 0 Å². The Morgan fingerprint density at radius 1 is 1.00 bits per heavy atom. The standard InChI is InChI=1S/C25H18BrCl2N3O/c26-19-8-3-16(4-9-19)5-12-24-30-23(21-11-10-20(27)13-22(21)28)15-31(24)14-17-1-6-18(7-2-17)25(29)32/h1-13,15H,14H2,(H2,29,32)/b12-5+. The smallest absolute Gasteiger partial charge is 0.248 e. The summed E-state index contributed by atoms with van der Waals surface area (Å²) in [6.45, 7) is 0.567. The molecule has 0 bridgehead atoms. The molecule has 2 N–H and O–H groups in total. The predicted molar refractivity (Wildman–Crippen MR) is 135 cm³/mol. The second-order valence-corrected chi connectivity index (χ2v) is 8.94. The van der Waals surface area contributed by atoms with Crippen LogP contribution >= 0.6 is 39.1 Å². The molecule has 1 heterocycles. The Balaban J connectivity index is 1.71. The fourth-order valence-corrected chi connectivity index (χ4v) is 4.00. The summed E-state index contributed by atoms with van der Waals surface area (Å²) in [6.07, 6.45) is 5.93. The molecule has 4 nitrogen and oxygen atoms in total. The lowest BCUT2D eigenvalue weighted by molar-refractivity contribution is 0.100. The van der Waals surface area contributed by atoms with Crippen LogP contribution in [0, 0.1) is 0 Å². The molecule has 0 aliphatic heterocycles. The van der Waals surface area contributed by atoms with Crippen molar-refractivity contribution in [3.63, 3.8) is 0 Å². The van der Waals surface area contributed by atoms with Crippen molar-refractivity contribution in [2.45, 2.75) is 6.54 Å². The van der Waals surface area contributed by atoms with Crippen LogP contribution in [0.2, 0.25) is 10.0 Å². The molecular weight excluding hydrogens is 509 g/mol. The molecule has 0 saturated heterocycles. The van der Waals surface area contributed by atoms with E-state index in [1.165, 1.54) is 0 Å². The summed E-state index contributed by atoms with van der Waals surface area (Å²) in [5, 5.41) is 1.11. The van der Waals surface area contributed by atoms with E-state index in [9.17, 15) is 4.79 Å². The number of rotatable bonds is 6. The number of amides is 1. The molecule has 0 saturated carbocycles. The van der Waals surface area contributed by atoms with Gasteiger partial charge in [0.2, 0.25) is 5.91 Å². The Bertz CT molecular complexity index is 1300. The average molecular weight is 527 g/mol. The van der Waals surface area contributed by atoms with Gasteiger partial charge < -0.3 is 10.3 Å². The fourth-order valence-electron chi connectivity index (χ4n) is 3.23. The molecule has 0 aliphatic rings. The van der Waals surface area contributed by atoms with Gasteiger partial charge in [0.1, 0.15) is 5.82 Å². The van der Waals surface area contributed by atoms with Gasteiger partial charge in [-0.3, -0.25) is 4.79 Å². The van der Waals surface area contributed by atoms with E-state index in [4.69, 9.17) is 33.9 Å². The highest BCUT2D eigenvalue weighted by Gasteiger charge is 2.12. The summed E-state index contributed by atoms with van der Waals surface area (Å²) >= 11 is 15.9. The van der Waals surface area contributed by atoms with Crippen LogP contribution in [0.3, 0.4) is 0 Å². The summed E-state index contributed by atoms with van der Waals surface area (Å²) in [7, 11) is 0. The zero-order valence-electron chi connectivity index (χ0n) is 16.8. The number of benzene rings is 3. The van der Waals surface area contributed by atoms with Crippen LogP contribution in [0.4, 0.5) is 0 Å². The number of nitrogens with zero attached hydrogens (tertiary/aromatic N) is 2. The summed E-state index contributed by atoms with van der Waals surface area (Å²) < 4.78 is 3.06. The predicted octanol–water partition coefficient (Wildman–Crippen LogP) is 6.94. The zero-order chi connectivity index (χ0) is 22.7. The number of primary amides is 1. The number of hydrogen-bond acceptors (Lipinski definition) is 2. The van der Waals surface area contributed by atoms with Crippen LogP contribution in [0.5, 0.6) is 0 Å². The van der Waals surface area contributed by atoms with Crippen molar-refractivity contribution in [1.82, 2.24) is 9.55 Å². The van der Waals surface area contributed by atoms with Gasteiger partial charge in [0.05, 0.1) is 10.7 Å². The Labute approximate surface area is 204 Å². The summed E-state index contributed by atoms with van der Waals surface area (Å²) in [5.74, 6) is 0.324. The first-order chi connectivity index (χ1) is 15.4. The normalized spacial score (nSPS) is 11.2. The second kappa shape index (κ2) is 9.74. The average Bonchev–Trinajstić information content (AvgIpc) is 3.16. The first kappa shape index (κ1) is 22.3. The highest BCUT2D eigenvalue weighted by molar-refractivity contribution is 9.10. The van der Waals surface area contributed by atoms with Gasteiger partial charge in [0, 0.05) is 33.4 Å². The van der Waals surface area contributed by atoms with Crippen LogP contribution < -0.4 is 5.73 Å². The van der Waals surface area contributed by atoms with E-state index in [0.29, 0.717) is 22.2 Å². The topological polar surface area (TPSA) is 60.9 Å². The summed E-state index contributed by atoms with van der Waals surface area (Å²) in [5.41, 5.74) is 9.44. The molecule has 0 spiro atoms. The minimum Gasteiger partial charge on any atom is -0.366 e. The third-order valence-electron chi connectivity index (χ3n) is 4.90. The van der Waals surface area contributed by atoms with Gasteiger partial charge in [-0.15, -0.1) is 0 Å². The van der Waals surface area contributed by atoms with Crippen molar-refractivity contribution < 1.29 is 4.79 Å². The van der Waals surface area contributed by atoms with Gasteiger partial charge in [0.25, 0.3) is 0 Å². The monoisotopic (exact) mass is 525 g/mol. The molecule has 1 aromatic heterocycles. The van der Waals surface area contributed by atoms with Crippen molar-refractivity contribution in [2.75, 3.05) is 0 Å². The van der Waals surface area contributed by atoms with E-state index >= 15 is 0 Å². The summed E-state index contributed by atoms with van der Waals surface area (Å²) in [4.78, 5) is 16.2. The number of aromatic nitrogens is 2. The Morgan fingerprint density at radius 2 is 1.72 bits per heavy atom. The van der Waals surface area contributed by atoms with E-state index in [2.05, 4.69) is 15.9 Å².